The quantitative estimate of drug-likeness (QED) is 0.851. The maximum Gasteiger partial charge on any atom is 0.163 e. The summed E-state index contributed by atoms with van der Waals surface area (Å²) in [7, 11) is 0. The molecule has 0 fully saturated rings. The van der Waals surface area contributed by atoms with Crippen LogP contribution in [0.3, 0.4) is 0 Å². The van der Waals surface area contributed by atoms with Gasteiger partial charge in [0.25, 0.3) is 0 Å². The molecule has 4 nitrogen and oxygen atoms in total. The van der Waals surface area contributed by atoms with Gasteiger partial charge in [-0.15, -0.1) is 5.10 Å². The molecule has 0 saturated heterocycles. The van der Waals surface area contributed by atoms with Crippen molar-refractivity contribution in [3.8, 4) is 0 Å². The molecule has 6 heteroatoms. The Labute approximate surface area is 119 Å². The van der Waals surface area contributed by atoms with Crippen molar-refractivity contribution in [2.45, 2.75) is 6.92 Å². The van der Waals surface area contributed by atoms with Gasteiger partial charge in [0, 0.05) is 10.2 Å². The van der Waals surface area contributed by atoms with Gasteiger partial charge in [-0.25, -0.2) is 0 Å². The number of aromatic nitrogens is 2. The molecule has 1 aromatic heterocycles. The molecular formula is C12H11BrN4S. The van der Waals surface area contributed by atoms with Crippen molar-refractivity contribution in [1.82, 2.24) is 10.2 Å². The average Bonchev–Trinajstić information content (AvgIpc) is 2.35. The Bertz CT molecular complexity index is 600. The normalized spacial score (nSPS) is 10.1. The van der Waals surface area contributed by atoms with Crippen LogP contribution in [-0.2, 0) is 0 Å². The predicted octanol–water partition coefficient (Wildman–Crippen LogP) is 2.93. The number of hydrogen-bond donors (Lipinski definition) is 2. The minimum absolute atomic E-state index is 0.292. The van der Waals surface area contributed by atoms with Crippen LogP contribution in [0.5, 0.6) is 0 Å². The summed E-state index contributed by atoms with van der Waals surface area (Å²) in [6.07, 6.45) is 1.56. The molecule has 1 aromatic carbocycles. The van der Waals surface area contributed by atoms with Gasteiger partial charge in [0.05, 0.1) is 11.8 Å². The fraction of sp³-hybridized carbons (Fsp3) is 0.0833. The maximum absolute atomic E-state index is 5.65. The van der Waals surface area contributed by atoms with Crippen molar-refractivity contribution in [2.75, 3.05) is 5.32 Å². The lowest BCUT2D eigenvalue weighted by Crippen LogP contribution is -2.13. The van der Waals surface area contributed by atoms with Crippen LogP contribution in [0.15, 0.2) is 34.9 Å². The first-order valence-electron chi connectivity index (χ1n) is 5.23. The van der Waals surface area contributed by atoms with Gasteiger partial charge in [-0.2, -0.15) is 5.10 Å². The van der Waals surface area contributed by atoms with Crippen molar-refractivity contribution >= 4 is 44.6 Å². The molecule has 0 atom stereocenters. The first kappa shape index (κ1) is 12.9. The highest BCUT2D eigenvalue weighted by atomic mass is 79.9. The molecule has 0 aliphatic rings. The molecular weight excluding hydrogens is 312 g/mol. The van der Waals surface area contributed by atoms with E-state index in [1.165, 1.54) is 0 Å². The zero-order chi connectivity index (χ0) is 13.1. The highest BCUT2D eigenvalue weighted by Gasteiger charge is 2.09. The number of halogens is 1. The highest BCUT2D eigenvalue weighted by molar-refractivity contribution is 9.10. The molecule has 0 amide bonds. The molecule has 3 N–H and O–H groups in total. The second kappa shape index (κ2) is 5.41. The van der Waals surface area contributed by atoms with Gasteiger partial charge in [-0.3, -0.25) is 0 Å². The SMILES string of the molecule is Cc1c(Br)cccc1Nc1nnccc1C(N)=S. The Morgan fingerprint density at radius 1 is 1.39 bits per heavy atom. The van der Waals surface area contributed by atoms with Crippen LogP contribution >= 0.6 is 28.1 Å². The number of anilines is 2. The van der Waals surface area contributed by atoms with Crippen molar-refractivity contribution in [1.29, 1.82) is 0 Å². The Kier molecular flexibility index (Phi) is 3.88. The Morgan fingerprint density at radius 2 is 2.17 bits per heavy atom. The van der Waals surface area contributed by atoms with Crippen molar-refractivity contribution in [3.05, 3.63) is 46.1 Å². The summed E-state index contributed by atoms with van der Waals surface area (Å²) < 4.78 is 1.02. The zero-order valence-electron chi connectivity index (χ0n) is 9.64. The maximum atomic E-state index is 5.65. The van der Waals surface area contributed by atoms with Gasteiger partial charge < -0.3 is 11.1 Å². The van der Waals surface area contributed by atoms with E-state index in [1.807, 2.05) is 25.1 Å². The predicted molar refractivity (Wildman–Crippen MR) is 80.1 cm³/mol. The molecule has 0 radical (unpaired) electrons. The molecule has 0 bridgehead atoms. The van der Waals surface area contributed by atoms with Gasteiger partial charge in [-0.05, 0) is 30.7 Å². The summed E-state index contributed by atoms with van der Waals surface area (Å²) in [6, 6.07) is 7.62. The van der Waals surface area contributed by atoms with Gasteiger partial charge in [0.1, 0.15) is 4.99 Å². The Hall–Kier alpha value is -1.53. The van der Waals surface area contributed by atoms with Gasteiger partial charge in [0.15, 0.2) is 5.82 Å². The summed E-state index contributed by atoms with van der Waals surface area (Å²) in [6.45, 7) is 2.00. The molecule has 2 aromatic rings. The topological polar surface area (TPSA) is 63.8 Å². The van der Waals surface area contributed by atoms with E-state index in [0.29, 0.717) is 16.4 Å². The summed E-state index contributed by atoms with van der Waals surface area (Å²) in [5.74, 6) is 0.561. The second-order valence-corrected chi connectivity index (χ2v) is 4.99. The average molecular weight is 323 g/mol. The van der Waals surface area contributed by atoms with Crippen molar-refractivity contribution in [2.24, 2.45) is 5.73 Å². The molecule has 0 unspecified atom stereocenters. The standard InChI is InChI=1S/C12H11BrN4S/c1-7-9(13)3-2-4-10(7)16-12-8(11(14)18)5-6-15-17-12/h2-6H,1H3,(H2,14,18)(H,16,17). The van der Waals surface area contributed by atoms with Crippen LogP contribution in [0.4, 0.5) is 11.5 Å². The smallest absolute Gasteiger partial charge is 0.163 e. The monoisotopic (exact) mass is 322 g/mol. The van der Waals surface area contributed by atoms with Crippen LogP contribution in [0.1, 0.15) is 11.1 Å². The Balaban J connectivity index is 2.40. The second-order valence-electron chi connectivity index (χ2n) is 3.70. The number of benzene rings is 1. The third kappa shape index (κ3) is 2.65. The van der Waals surface area contributed by atoms with Gasteiger partial charge in [-0.1, -0.05) is 34.2 Å². The molecule has 0 spiro atoms. The van der Waals surface area contributed by atoms with Gasteiger partial charge in [0.2, 0.25) is 0 Å². The highest BCUT2D eigenvalue weighted by Crippen LogP contribution is 2.26. The van der Waals surface area contributed by atoms with E-state index in [9.17, 15) is 0 Å². The van der Waals surface area contributed by atoms with Crippen LogP contribution < -0.4 is 11.1 Å². The van der Waals surface area contributed by atoms with Crippen LogP contribution in [0.2, 0.25) is 0 Å². The number of nitrogens with one attached hydrogen (secondary N) is 1. The van der Waals surface area contributed by atoms with E-state index in [0.717, 1.165) is 15.7 Å². The number of nitrogens with two attached hydrogens (primary N) is 1. The first-order valence-corrected chi connectivity index (χ1v) is 6.43. The summed E-state index contributed by atoms with van der Waals surface area (Å²) >= 11 is 8.47. The molecule has 18 heavy (non-hydrogen) atoms. The van der Waals surface area contributed by atoms with Crippen molar-refractivity contribution in [3.63, 3.8) is 0 Å². The fourth-order valence-electron chi connectivity index (χ4n) is 1.49. The fourth-order valence-corrected chi connectivity index (χ4v) is 2.02. The number of rotatable bonds is 3. The lowest BCUT2D eigenvalue weighted by Gasteiger charge is -2.12. The third-order valence-corrected chi connectivity index (χ3v) is 3.59. The van der Waals surface area contributed by atoms with E-state index in [4.69, 9.17) is 18.0 Å². The zero-order valence-corrected chi connectivity index (χ0v) is 12.0. The minimum Gasteiger partial charge on any atom is -0.389 e. The van der Waals surface area contributed by atoms with E-state index >= 15 is 0 Å². The van der Waals surface area contributed by atoms with Gasteiger partial charge >= 0.3 is 0 Å². The van der Waals surface area contributed by atoms with E-state index in [-0.39, 0.29) is 0 Å². The van der Waals surface area contributed by atoms with Crippen LogP contribution in [0.25, 0.3) is 0 Å². The van der Waals surface area contributed by atoms with Crippen LogP contribution in [0, 0.1) is 6.92 Å². The first-order chi connectivity index (χ1) is 8.59. The molecule has 92 valence electrons. The summed E-state index contributed by atoms with van der Waals surface area (Å²) in [5, 5.41) is 11.1. The minimum atomic E-state index is 0.292. The van der Waals surface area contributed by atoms with E-state index < -0.39 is 0 Å². The largest absolute Gasteiger partial charge is 0.389 e. The van der Waals surface area contributed by atoms with E-state index in [1.54, 1.807) is 12.3 Å². The molecule has 0 saturated carbocycles. The lowest BCUT2D eigenvalue weighted by atomic mass is 10.2. The molecule has 0 aliphatic carbocycles. The van der Waals surface area contributed by atoms with Crippen molar-refractivity contribution < 1.29 is 0 Å². The molecule has 1 heterocycles. The number of nitrogens with zero attached hydrogens (tertiary/aromatic N) is 2. The lowest BCUT2D eigenvalue weighted by molar-refractivity contribution is 1.03. The molecule has 2 rings (SSSR count). The summed E-state index contributed by atoms with van der Waals surface area (Å²) in [5.41, 5.74) is 8.34. The van der Waals surface area contributed by atoms with Crippen LogP contribution in [-0.4, -0.2) is 15.2 Å². The summed E-state index contributed by atoms with van der Waals surface area (Å²) in [4.78, 5) is 0.292. The third-order valence-electron chi connectivity index (χ3n) is 2.51. The molecule has 0 aliphatic heterocycles. The number of thiocarbonyl (C=S) groups is 1. The Morgan fingerprint density at radius 3 is 2.89 bits per heavy atom. The number of hydrogen-bond acceptors (Lipinski definition) is 4. The van der Waals surface area contributed by atoms with E-state index in [2.05, 4.69) is 31.4 Å².